The highest BCUT2D eigenvalue weighted by atomic mass is 32.2. The fourth-order valence-electron chi connectivity index (χ4n) is 2.58. The molecule has 1 fully saturated rings. The summed E-state index contributed by atoms with van der Waals surface area (Å²) in [5, 5.41) is 20.4. The molecule has 3 rings (SSSR count). The molecule has 0 radical (unpaired) electrons. The summed E-state index contributed by atoms with van der Waals surface area (Å²) in [5.74, 6) is -0.347. The van der Waals surface area contributed by atoms with Crippen LogP contribution < -0.4 is 4.74 Å². The van der Waals surface area contributed by atoms with Gasteiger partial charge in [-0.1, -0.05) is 24.3 Å². The fourth-order valence-corrected chi connectivity index (χ4v) is 3.42. The summed E-state index contributed by atoms with van der Waals surface area (Å²) in [6, 6.07) is 10.5. The Kier molecular flexibility index (Phi) is 5.13. The number of hydrogen-bond donors (Lipinski definition) is 1. The van der Waals surface area contributed by atoms with Crippen molar-refractivity contribution >= 4 is 34.7 Å². The third-order valence-electron chi connectivity index (χ3n) is 3.89. The first-order chi connectivity index (χ1) is 12.9. The Morgan fingerprint density at radius 2 is 2.00 bits per heavy atom. The van der Waals surface area contributed by atoms with E-state index in [4.69, 9.17) is 4.74 Å². The van der Waals surface area contributed by atoms with E-state index in [1.54, 1.807) is 18.2 Å². The first kappa shape index (κ1) is 18.5. The molecule has 0 bridgehead atoms. The molecule has 0 unspecified atom stereocenters. The second kappa shape index (κ2) is 7.50. The predicted octanol–water partition coefficient (Wildman–Crippen LogP) is 3.55. The largest absolute Gasteiger partial charge is 0.504 e. The molecule has 2 aromatic carbocycles. The number of nitro groups is 1. The summed E-state index contributed by atoms with van der Waals surface area (Å²) in [7, 11) is 1.42. The van der Waals surface area contributed by atoms with Crippen molar-refractivity contribution in [3.63, 3.8) is 0 Å². The van der Waals surface area contributed by atoms with Crippen LogP contribution in [-0.2, 0) is 11.3 Å². The highest BCUT2D eigenvalue weighted by Gasteiger charge is 2.36. The van der Waals surface area contributed by atoms with Crippen molar-refractivity contribution in [2.24, 2.45) is 0 Å². The zero-order chi connectivity index (χ0) is 19.6. The normalized spacial score (nSPS) is 15.4. The first-order valence-corrected chi connectivity index (χ1v) is 8.57. The number of carbonyl (C=O) groups excluding carboxylic acids is 2. The molecule has 0 saturated carbocycles. The molecule has 8 nitrogen and oxygen atoms in total. The Balaban J connectivity index is 1.85. The molecular formula is C18H14N2O6S. The van der Waals surface area contributed by atoms with E-state index in [1.807, 2.05) is 0 Å². The minimum absolute atomic E-state index is 0.0922. The van der Waals surface area contributed by atoms with Crippen molar-refractivity contribution in [1.82, 2.24) is 4.90 Å². The van der Waals surface area contributed by atoms with Gasteiger partial charge in [0.05, 0.1) is 23.5 Å². The molecule has 1 saturated heterocycles. The second-order valence-electron chi connectivity index (χ2n) is 5.58. The Morgan fingerprint density at radius 3 is 2.67 bits per heavy atom. The summed E-state index contributed by atoms with van der Waals surface area (Å²) in [4.78, 5) is 36.5. The average Bonchev–Trinajstić information content (AvgIpc) is 2.89. The van der Waals surface area contributed by atoms with Crippen LogP contribution >= 0.6 is 11.8 Å². The molecule has 1 N–H and O–H groups in total. The zero-order valence-corrected chi connectivity index (χ0v) is 14.9. The van der Waals surface area contributed by atoms with Crippen LogP contribution in [0.2, 0.25) is 0 Å². The van der Waals surface area contributed by atoms with Gasteiger partial charge >= 0.3 is 0 Å². The molecule has 1 aliphatic heterocycles. The molecule has 2 amide bonds. The number of rotatable bonds is 5. The van der Waals surface area contributed by atoms with Gasteiger partial charge in [0.2, 0.25) is 0 Å². The first-order valence-electron chi connectivity index (χ1n) is 7.75. The van der Waals surface area contributed by atoms with Gasteiger partial charge in [-0.3, -0.25) is 24.6 Å². The summed E-state index contributed by atoms with van der Waals surface area (Å²) >= 11 is 0.742. The molecule has 0 atom stereocenters. The zero-order valence-electron chi connectivity index (χ0n) is 14.1. The maximum Gasteiger partial charge on any atom is 0.293 e. The molecule has 1 aliphatic rings. The lowest BCUT2D eigenvalue weighted by Crippen LogP contribution is -2.27. The van der Waals surface area contributed by atoms with E-state index >= 15 is 0 Å². The van der Waals surface area contributed by atoms with E-state index in [1.165, 1.54) is 37.5 Å². The van der Waals surface area contributed by atoms with Crippen molar-refractivity contribution in [2.75, 3.05) is 7.11 Å². The number of thioether (sulfide) groups is 1. The van der Waals surface area contributed by atoms with Crippen molar-refractivity contribution in [3.8, 4) is 11.5 Å². The van der Waals surface area contributed by atoms with Crippen molar-refractivity contribution < 1.29 is 24.4 Å². The quantitative estimate of drug-likeness (QED) is 0.475. The lowest BCUT2D eigenvalue weighted by Gasteiger charge is -2.12. The third kappa shape index (κ3) is 3.77. The van der Waals surface area contributed by atoms with E-state index in [9.17, 15) is 24.8 Å². The van der Waals surface area contributed by atoms with Gasteiger partial charge < -0.3 is 9.84 Å². The number of benzene rings is 2. The molecule has 1 heterocycles. The maximum atomic E-state index is 12.6. The van der Waals surface area contributed by atoms with Crippen molar-refractivity contribution in [3.05, 3.63) is 68.6 Å². The van der Waals surface area contributed by atoms with Crippen LogP contribution in [0.5, 0.6) is 11.5 Å². The lowest BCUT2D eigenvalue weighted by molar-refractivity contribution is -0.385. The number of carbonyl (C=O) groups is 2. The summed E-state index contributed by atoms with van der Waals surface area (Å²) in [5.41, 5.74) is 0.637. The summed E-state index contributed by atoms with van der Waals surface area (Å²) in [6.07, 6.45) is 1.48. The summed E-state index contributed by atoms with van der Waals surface area (Å²) in [6.45, 7) is -0.187. The number of aromatic hydroxyl groups is 1. The average molecular weight is 386 g/mol. The number of para-hydroxylation sites is 1. The molecule has 138 valence electrons. The van der Waals surface area contributed by atoms with Crippen LogP contribution in [0.4, 0.5) is 10.5 Å². The Morgan fingerprint density at radius 1 is 1.26 bits per heavy atom. The minimum Gasteiger partial charge on any atom is -0.504 e. The van der Waals surface area contributed by atoms with E-state index < -0.39 is 16.1 Å². The Bertz CT molecular complexity index is 972. The van der Waals surface area contributed by atoms with Crippen LogP contribution in [0.15, 0.2) is 47.4 Å². The van der Waals surface area contributed by atoms with Crippen LogP contribution in [-0.4, -0.2) is 33.2 Å². The highest BCUT2D eigenvalue weighted by molar-refractivity contribution is 8.18. The van der Waals surface area contributed by atoms with Crippen LogP contribution in [0, 0.1) is 10.1 Å². The minimum atomic E-state index is -0.551. The van der Waals surface area contributed by atoms with Crippen LogP contribution in [0.1, 0.15) is 11.1 Å². The van der Waals surface area contributed by atoms with Gasteiger partial charge in [0, 0.05) is 11.6 Å². The van der Waals surface area contributed by atoms with E-state index in [-0.39, 0.29) is 34.2 Å². The van der Waals surface area contributed by atoms with Gasteiger partial charge in [-0.15, -0.1) is 0 Å². The number of nitrogens with zero attached hydrogens (tertiary/aromatic N) is 2. The van der Waals surface area contributed by atoms with Gasteiger partial charge in [-0.25, -0.2) is 0 Å². The van der Waals surface area contributed by atoms with Gasteiger partial charge in [0.15, 0.2) is 11.5 Å². The van der Waals surface area contributed by atoms with Crippen molar-refractivity contribution in [1.29, 1.82) is 0 Å². The number of hydrogen-bond acceptors (Lipinski definition) is 7. The third-order valence-corrected chi connectivity index (χ3v) is 4.80. The highest BCUT2D eigenvalue weighted by Crippen LogP contribution is 2.35. The van der Waals surface area contributed by atoms with Gasteiger partial charge in [0.25, 0.3) is 16.8 Å². The van der Waals surface area contributed by atoms with E-state index in [2.05, 4.69) is 0 Å². The molecule has 0 aliphatic carbocycles. The van der Waals surface area contributed by atoms with E-state index in [0.29, 0.717) is 5.56 Å². The van der Waals surface area contributed by atoms with Gasteiger partial charge in [-0.2, -0.15) is 0 Å². The smallest absolute Gasteiger partial charge is 0.293 e. The summed E-state index contributed by atoms with van der Waals surface area (Å²) < 4.78 is 4.96. The number of ether oxygens (including phenoxy) is 1. The van der Waals surface area contributed by atoms with Crippen molar-refractivity contribution in [2.45, 2.75) is 6.54 Å². The SMILES string of the molecule is COc1ccc(/C=C2/SC(=O)N(Cc3ccccc3[N+](=O)[O-])C2=O)cc1O. The number of phenolic OH excluding ortho intramolecular Hbond substituents is 1. The molecule has 9 heteroatoms. The van der Waals surface area contributed by atoms with Gasteiger partial charge in [0.1, 0.15) is 0 Å². The predicted molar refractivity (Wildman–Crippen MR) is 99.3 cm³/mol. The lowest BCUT2D eigenvalue weighted by atomic mass is 10.1. The number of phenols is 1. The molecule has 2 aromatic rings. The standard InChI is InChI=1S/C18H14N2O6S/c1-26-15-7-6-11(8-14(15)21)9-16-17(22)19(18(23)27-16)10-12-4-2-3-5-13(12)20(24)25/h2-9,21H,10H2,1H3/b16-9+. The second-order valence-corrected chi connectivity index (χ2v) is 6.58. The molecule has 27 heavy (non-hydrogen) atoms. The monoisotopic (exact) mass is 386 g/mol. The van der Waals surface area contributed by atoms with E-state index in [0.717, 1.165) is 16.7 Å². The molecule has 0 aromatic heterocycles. The fraction of sp³-hybridized carbons (Fsp3) is 0.111. The van der Waals surface area contributed by atoms with Crippen LogP contribution in [0.3, 0.4) is 0 Å². The topological polar surface area (TPSA) is 110 Å². The Labute approximate surface area is 158 Å². The van der Waals surface area contributed by atoms with Gasteiger partial charge in [-0.05, 0) is 35.5 Å². The maximum absolute atomic E-state index is 12.6. The molecular weight excluding hydrogens is 372 g/mol. The van der Waals surface area contributed by atoms with Crippen LogP contribution in [0.25, 0.3) is 6.08 Å². The number of nitro benzene ring substituents is 1. The number of imide groups is 1. The Hall–Kier alpha value is -3.33. The molecule has 0 spiro atoms. The number of methoxy groups -OCH3 is 1. The number of amides is 2.